The first-order valence-electron chi connectivity index (χ1n) is 7.71. The van der Waals surface area contributed by atoms with E-state index in [1.165, 1.54) is 11.3 Å². The highest BCUT2D eigenvalue weighted by atomic mass is 32.1. The Bertz CT molecular complexity index is 1050. The van der Waals surface area contributed by atoms with E-state index in [1.807, 2.05) is 54.8 Å². The van der Waals surface area contributed by atoms with Crippen molar-refractivity contribution in [2.24, 2.45) is 0 Å². The molecule has 2 aromatic heterocycles. The second-order valence-electron chi connectivity index (χ2n) is 5.57. The molecule has 7 heteroatoms. The van der Waals surface area contributed by atoms with Gasteiger partial charge in [-0.1, -0.05) is 47.6 Å². The summed E-state index contributed by atoms with van der Waals surface area (Å²) in [6.07, 6.45) is 0.234. The fraction of sp³-hybridized carbons (Fsp3) is 0.111. The van der Waals surface area contributed by atoms with E-state index in [9.17, 15) is 4.79 Å². The van der Waals surface area contributed by atoms with E-state index < -0.39 is 0 Å². The van der Waals surface area contributed by atoms with Gasteiger partial charge in [-0.2, -0.15) is 0 Å². The Labute approximate surface area is 147 Å². The lowest BCUT2D eigenvalue weighted by Crippen LogP contribution is -2.14. The lowest BCUT2D eigenvalue weighted by Gasteiger charge is -2.03. The average Bonchev–Trinajstić information content (AvgIpc) is 3.23. The van der Waals surface area contributed by atoms with Crippen LogP contribution in [0.15, 0.2) is 52.3 Å². The summed E-state index contributed by atoms with van der Waals surface area (Å²) in [4.78, 5) is 16.5. The topological polar surface area (TPSA) is 80.9 Å². The van der Waals surface area contributed by atoms with Crippen molar-refractivity contribution in [1.29, 1.82) is 0 Å². The van der Waals surface area contributed by atoms with Crippen LogP contribution < -0.4 is 5.32 Å². The van der Waals surface area contributed by atoms with Gasteiger partial charge in [0, 0.05) is 5.38 Å². The van der Waals surface area contributed by atoms with Gasteiger partial charge in [0.05, 0.1) is 11.4 Å². The van der Waals surface area contributed by atoms with Crippen LogP contribution in [0.5, 0.6) is 0 Å². The van der Waals surface area contributed by atoms with Crippen LogP contribution in [0.2, 0.25) is 0 Å². The summed E-state index contributed by atoms with van der Waals surface area (Å²) in [6.45, 7) is 1.90. The van der Waals surface area contributed by atoms with Crippen molar-refractivity contribution in [3.8, 4) is 11.6 Å². The van der Waals surface area contributed by atoms with Crippen molar-refractivity contribution in [3.63, 3.8) is 0 Å². The predicted octanol–water partition coefficient (Wildman–Crippen LogP) is 3.84. The van der Waals surface area contributed by atoms with Gasteiger partial charge in [0.15, 0.2) is 0 Å². The van der Waals surface area contributed by atoms with Crippen LogP contribution in [-0.2, 0) is 11.2 Å². The third kappa shape index (κ3) is 3.41. The number of benzene rings is 2. The maximum Gasteiger partial charge on any atom is 0.322 e. The van der Waals surface area contributed by atoms with Gasteiger partial charge >= 0.3 is 6.01 Å². The van der Waals surface area contributed by atoms with Crippen molar-refractivity contribution >= 4 is 34.0 Å². The molecule has 0 aliphatic rings. The minimum atomic E-state index is -0.208. The van der Waals surface area contributed by atoms with Gasteiger partial charge < -0.3 is 4.42 Å². The summed E-state index contributed by atoms with van der Waals surface area (Å²) >= 11 is 1.50. The number of hydrogen-bond acceptors (Lipinski definition) is 6. The number of rotatable bonds is 4. The van der Waals surface area contributed by atoms with Gasteiger partial charge in [-0.05, 0) is 23.3 Å². The van der Waals surface area contributed by atoms with Crippen molar-refractivity contribution in [3.05, 3.63) is 58.4 Å². The smallest absolute Gasteiger partial charge is 0.322 e. The zero-order valence-corrected chi connectivity index (χ0v) is 14.2. The van der Waals surface area contributed by atoms with Gasteiger partial charge in [-0.15, -0.1) is 16.4 Å². The molecule has 0 aliphatic carbocycles. The molecule has 1 N–H and O–H groups in total. The zero-order valence-electron chi connectivity index (χ0n) is 13.4. The number of anilines is 1. The number of aryl methyl sites for hydroxylation is 1. The largest absolute Gasteiger partial charge is 0.401 e. The fourth-order valence-corrected chi connectivity index (χ4v) is 3.12. The van der Waals surface area contributed by atoms with Gasteiger partial charge in [0.25, 0.3) is 5.89 Å². The van der Waals surface area contributed by atoms with Crippen molar-refractivity contribution in [2.75, 3.05) is 5.32 Å². The van der Waals surface area contributed by atoms with Crippen LogP contribution in [0, 0.1) is 6.92 Å². The molecule has 0 saturated heterocycles. The van der Waals surface area contributed by atoms with Gasteiger partial charge in [0.1, 0.15) is 5.69 Å². The molecular formula is C18H14N4O2S. The molecule has 2 aromatic carbocycles. The first-order valence-corrected chi connectivity index (χ1v) is 8.59. The Morgan fingerprint density at radius 3 is 2.80 bits per heavy atom. The number of hydrogen-bond donors (Lipinski definition) is 1. The average molecular weight is 350 g/mol. The van der Waals surface area contributed by atoms with E-state index >= 15 is 0 Å². The van der Waals surface area contributed by atoms with E-state index in [0.717, 1.165) is 21.3 Å². The number of fused-ring (bicyclic) bond motifs is 1. The minimum Gasteiger partial charge on any atom is -0.401 e. The van der Waals surface area contributed by atoms with Crippen molar-refractivity contribution in [2.45, 2.75) is 13.3 Å². The first kappa shape index (κ1) is 15.5. The molecule has 4 rings (SSSR count). The lowest BCUT2D eigenvalue weighted by molar-refractivity contribution is -0.115. The molecule has 2 heterocycles. The molecule has 0 spiro atoms. The Morgan fingerprint density at radius 2 is 2.00 bits per heavy atom. The summed E-state index contributed by atoms with van der Waals surface area (Å²) < 4.78 is 5.45. The van der Waals surface area contributed by atoms with Crippen molar-refractivity contribution in [1.82, 2.24) is 15.2 Å². The molecule has 4 aromatic rings. The quantitative estimate of drug-likeness (QED) is 0.605. The lowest BCUT2D eigenvalue weighted by atomic mass is 10.1. The monoisotopic (exact) mass is 350 g/mol. The van der Waals surface area contributed by atoms with Gasteiger partial charge in [-0.25, -0.2) is 4.98 Å². The molecule has 0 bridgehead atoms. The number of carbonyl (C=O) groups is 1. The maximum absolute atomic E-state index is 12.2. The number of carbonyl (C=O) groups excluding carboxylic acids is 1. The van der Waals surface area contributed by atoms with E-state index in [4.69, 9.17) is 4.42 Å². The van der Waals surface area contributed by atoms with Crippen LogP contribution in [0.3, 0.4) is 0 Å². The Hall–Kier alpha value is -3.06. The standard InChI is InChI=1S/C18H14N4O2S/c1-11-19-15(10-25-11)17-21-22-18(24-17)20-16(23)9-12-6-7-13-4-2-3-5-14(13)8-12/h2-8,10H,9H2,1H3,(H,20,22,23). The van der Waals surface area contributed by atoms with E-state index in [0.29, 0.717) is 11.6 Å². The highest BCUT2D eigenvalue weighted by Gasteiger charge is 2.13. The minimum absolute atomic E-state index is 0.0754. The van der Waals surface area contributed by atoms with Crippen molar-refractivity contribution < 1.29 is 9.21 Å². The molecule has 124 valence electrons. The molecular weight excluding hydrogens is 336 g/mol. The number of amides is 1. The molecule has 0 atom stereocenters. The molecule has 0 fully saturated rings. The number of nitrogens with zero attached hydrogens (tertiary/aromatic N) is 3. The zero-order chi connectivity index (χ0) is 17.2. The van der Waals surface area contributed by atoms with E-state index in [2.05, 4.69) is 20.5 Å². The summed E-state index contributed by atoms with van der Waals surface area (Å²) in [5, 5.41) is 15.4. The predicted molar refractivity (Wildman–Crippen MR) is 96.4 cm³/mol. The molecule has 0 unspecified atom stereocenters. The Balaban J connectivity index is 1.45. The summed E-state index contributed by atoms with van der Waals surface area (Å²) in [5.41, 5.74) is 1.54. The van der Waals surface area contributed by atoms with Crippen LogP contribution in [0.25, 0.3) is 22.4 Å². The molecule has 0 aliphatic heterocycles. The highest BCUT2D eigenvalue weighted by Crippen LogP contribution is 2.22. The van der Waals surface area contributed by atoms with Gasteiger partial charge in [-0.3, -0.25) is 10.1 Å². The number of thiazole rings is 1. The van der Waals surface area contributed by atoms with Crippen LogP contribution in [-0.4, -0.2) is 21.1 Å². The third-order valence-corrected chi connectivity index (χ3v) is 4.46. The summed E-state index contributed by atoms with van der Waals surface area (Å²) in [7, 11) is 0. The normalized spacial score (nSPS) is 10.9. The Morgan fingerprint density at radius 1 is 1.16 bits per heavy atom. The number of nitrogens with one attached hydrogen (secondary N) is 1. The third-order valence-electron chi connectivity index (χ3n) is 3.69. The van der Waals surface area contributed by atoms with E-state index in [-0.39, 0.29) is 18.3 Å². The van der Waals surface area contributed by atoms with Crippen LogP contribution in [0.4, 0.5) is 6.01 Å². The Kier molecular flexibility index (Phi) is 3.99. The molecule has 0 saturated carbocycles. The number of aromatic nitrogens is 3. The highest BCUT2D eigenvalue weighted by molar-refractivity contribution is 7.09. The first-order chi connectivity index (χ1) is 12.2. The second-order valence-corrected chi connectivity index (χ2v) is 6.63. The summed E-state index contributed by atoms with van der Waals surface area (Å²) in [5.74, 6) is 0.0882. The SMILES string of the molecule is Cc1nc(-c2nnc(NC(=O)Cc3ccc4ccccc4c3)o2)cs1. The van der Waals surface area contributed by atoms with E-state index in [1.54, 1.807) is 0 Å². The maximum atomic E-state index is 12.2. The summed E-state index contributed by atoms with van der Waals surface area (Å²) in [6, 6.07) is 14.1. The van der Waals surface area contributed by atoms with Crippen LogP contribution >= 0.6 is 11.3 Å². The molecule has 0 radical (unpaired) electrons. The fourth-order valence-electron chi connectivity index (χ4n) is 2.54. The molecule has 1 amide bonds. The molecule has 6 nitrogen and oxygen atoms in total. The second kappa shape index (κ2) is 6.45. The van der Waals surface area contributed by atoms with Gasteiger partial charge in [0.2, 0.25) is 5.91 Å². The van der Waals surface area contributed by atoms with Crippen LogP contribution in [0.1, 0.15) is 10.6 Å². The molecule has 25 heavy (non-hydrogen) atoms.